The normalized spacial score (nSPS) is 21.6. The van der Waals surface area contributed by atoms with Crippen molar-refractivity contribution in [2.75, 3.05) is 18.4 Å². The standard InChI is InChI=1S/C20H29N3O4/c1-13(2)27-18-7-5-15(6-8-18)21-20(26)22-16-9-17(10-16)23(12-19(24)25)11-14-3-4-14/h5-8,13-14,16-17H,3-4,9-12H2,1-2H3,(H,24,25)(H2,21,22,26). The van der Waals surface area contributed by atoms with Crippen LogP contribution in [-0.2, 0) is 4.79 Å². The first kappa shape index (κ1) is 19.5. The predicted octanol–water partition coefficient (Wildman–Crippen LogP) is 2.92. The lowest BCUT2D eigenvalue weighted by Gasteiger charge is -2.42. The number of nitrogens with zero attached hydrogens (tertiary/aromatic N) is 1. The third-order valence-corrected chi connectivity index (χ3v) is 4.98. The Balaban J connectivity index is 1.41. The number of nitrogens with one attached hydrogen (secondary N) is 2. The van der Waals surface area contributed by atoms with E-state index in [1.165, 1.54) is 12.8 Å². The first-order valence-electron chi connectivity index (χ1n) is 9.69. The summed E-state index contributed by atoms with van der Waals surface area (Å²) in [5.41, 5.74) is 0.709. The highest BCUT2D eigenvalue weighted by Gasteiger charge is 2.37. The molecule has 7 nitrogen and oxygen atoms in total. The van der Waals surface area contributed by atoms with E-state index >= 15 is 0 Å². The number of benzene rings is 1. The molecule has 1 aromatic rings. The van der Waals surface area contributed by atoms with Gasteiger partial charge in [0.05, 0.1) is 12.6 Å². The van der Waals surface area contributed by atoms with Crippen LogP contribution in [0.25, 0.3) is 0 Å². The number of anilines is 1. The van der Waals surface area contributed by atoms with E-state index in [4.69, 9.17) is 9.84 Å². The van der Waals surface area contributed by atoms with Gasteiger partial charge in [0.15, 0.2) is 0 Å². The maximum absolute atomic E-state index is 12.2. The van der Waals surface area contributed by atoms with Crippen LogP contribution in [0.1, 0.15) is 39.5 Å². The summed E-state index contributed by atoms with van der Waals surface area (Å²) in [7, 11) is 0. The van der Waals surface area contributed by atoms with Crippen molar-refractivity contribution >= 4 is 17.7 Å². The van der Waals surface area contributed by atoms with Crippen molar-refractivity contribution in [2.24, 2.45) is 5.92 Å². The fourth-order valence-corrected chi connectivity index (χ4v) is 3.39. The van der Waals surface area contributed by atoms with E-state index in [0.29, 0.717) is 11.6 Å². The predicted molar refractivity (Wildman–Crippen MR) is 103 cm³/mol. The second-order valence-electron chi connectivity index (χ2n) is 7.88. The molecular weight excluding hydrogens is 346 g/mol. The van der Waals surface area contributed by atoms with E-state index < -0.39 is 5.97 Å². The Morgan fingerprint density at radius 1 is 1.22 bits per heavy atom. The fourth-order valence-electron chi connectivity index (χ4n) is 3.39. The number of carboxylic acids is 1. The van der Waals surface area contributed by atoms with Crippen molar-refractivity contribution < 1.29 is 19.4 Å². The number of aliphatic carboxylic acids is 1. The first-order valence-corrected chi connectivity index (χ1v) is 9.69. The summed E-state index contributed by atoms with van der Waals surface area (Å²) in [6.45, 7) is 4.88. The van der Waals surface area contributed by atoms with Crippen LogP contribution in [0.5, 0.6) is 5.75 Å². The molecular formula is C20H29N3O4. The summed E-state index contributed by atoms with van der Waals surface area (Å²) in [4.78, 5) is 25.3. The summed E-state index contributed by atoms with van der Waals surface area (Å²) >= 11 is 0. The van der Waals surface area contributed by atoms with E-state index in [0.717, 1.165) is 25.1 Å². The van der Waals surface area contributed by atoms with Crippen LogP contribution >= 0.6 is 0 Å². The number of rotatable bonds is 9. The Morgan fingerprint density at radius 2 is 1.89 bits per heavy atom. The molecule has 148 valence electrons. The number of carbonyl (C=O) groups is 2. The molecule has 0 spiro atoms. The van der Waals surface area contributed by atoms with Gasteiger partial charge in [-0.2, -0.15) is 0 Å². The molecule has 2 fully saturated rings. The molecule has 2 amide bonds. The van der Waals surface area contributed by atoms with Crippen molar-refractivity contribution in [3.8, 4) is 5.75 Å². The maximum atomic E-state index is 12.2. The number of amides is 2. The van der Waals surface area contributed by atoms with Crippen molar-refractivity contribution in [2.45, 2.75) is 57.7 Å². The molecule has 0 bridgehead atoms. The first-order chi connectivity index (χ1) is 12.9. The van der Waals surface area contributed by atoms with E-state index in [-0.39, 0.29) is 30.8 Å². The van der Waals surface area contributed by atoms with Gasteiger partial charge in [-0.1, -0.05) is 0 Å². The summed E-state index contributed by atoms with van der Waals surface area (Å²) in [6.07, 6.45) is 4.12. The lowest BCUT2D eigenvalue weighted by molar-refractivity contribution is -0.139. The van der Waals surface area contributed by atoms with Crippen LogP contribution in [0, 0.1) is 5.92 Å². The van der Waals surface area contributed by atoms with Crippen LogP contribution in [0.3, 0.4) is 0 Å². The van der Waals surface area contributed by atoms with Gasteiger partial charge >= 0.3 is 12.0 Å². The maximum Gasteiger partial charge on any atom is 0.319 e. The average Bonchev–Trinajstić information content (AvgIpc) is 3.35. The van der Waals surface area contributed by atoms with Crippen molar-refractivity contribution in [1.29, 1.82) is 0 Å². The monoisotopic (exact) mass is 375 g/mol. The quantitative estimate of drug-likeness (QED) is 0.617. The molecule has 1 aromatic carbocycles. The molecule has 0 unspecified atom stereocenters. The lowest BCUT2D eigenvalue weighted by Crippen LogP contribution is -2.55. The Kier molecular flexibility index (Phi) is 6.21. The molecule has 7 heteroatoms. The summed E-state index contributed by atoms with van der Waals surface area (Å²) in [5, 5.41) is 14.9. The number of hydrogen-bond donors (Lipinski definition) is 3. The van der Waals surface area contributed by atoms with E-state index in [9.17, 15) is 9.59 Å². The van der Waals surface area contributed by atoms with Gasteiger partial charge in [0.25, 0.3) is 0 Å². The summed E-state index contributed by atoms with van der Waals surface area (Å²) in [5.74, 6) is 0.643. The SMILES string of the molecule is CC(C)Oc1ccc(NC(=O)NC2CC(N(CC(=O)O)CC3CC3)C2)cc1. The number of hydrogen-bond acceptors (Lipinski definition) is 4. The second kappa shape index (κ2) is 8.61. The van der Waals surface area contributed by atoms with Gasteiger partial charge in [-0.15, -0.1) is 0 Å². The molecule has 0 atom stereocenters. The molecule has 0 saturated heterocycles. The van der Waals surface area contributed by atoms with Crippen LogP contribution in [-0.4, -0.2) is 53.3 Å². The van der Waals surface area contributed by atoms with Crippen LogP contribution in [0.2, 0.25) is 0 Å². The molecule has 27 heavy (non-hydrogen) atoms. The zero-order valence-corrected chi connectivity index (χ0v) is 16.0. The zero-order chi connectivity index (χ0) is 19.4. The molecule has 0 aromatic heterocycles. The molecule has 2 aliphatic rings. The highest BCUT2D eigenvalue weighted by molar-refractivity contribution is 5.89. The minimum Gasteiger partial charge on any atom is -0.491 e. The van der Waals surface area contributed by atoms with Crippen molar-refractivity contribution in [3.05, 3.63) is 24.3 Å². The smallest absolute Gasteiger partial charge is 0.319 e. The zero-order valence-electron chi connectivity index (χ0n) is 16.0. The largest absolute Gasteiger partial charge is 0.491 e. The number of urea groups is 1. The van der Waals surface area contributed by atoms with E-state index in [1.807, 2.05) is 38.1 Å². The lowest BCUT2D eigenvalue weighted by atomic mass is 9.85. The van der Waals surface area contributed by atoms with Crippen molar-refractivity contribution in [1.82, 2.24) is 10.2 Å². The number of carbonyl (C=O) groups excluding carboxylic acids is 1. The van der Waals surface area contributed by atoms with Gasteiger partial charge in [0, 0.05) is 24.3 Å². The van der Waals surface area contributed by atoms with Gasteiger partial charge in [-0.05, 0) is 69.7 Å². The van der Waals surface area contributed by atoms with Crippen molar-refractivity contribution in [3.63, 3.8) is 0 Å². The van der Waals surface area contributed by atoms with E-state index in [2.05, 4.69) is 15.5 Å². The molecule has 2 aliphatic carbocycles. The Hall–Kier alpha value is -2.28. The third kappa shape index (κ3) is 6.13. The topological polar surface area (TPSA) is 90.9 Å². The third-order valence-electron chi connectivity index (χ3n) is 4.98. The Bertz CT molecular complexity index is 652. The average molecular weight is 375 g/mol. The molecule has 3 N–H and O–H groups in total. The molecule has 0 radical (unpaired) electrons. The second-order valence-corrected chi connectivity index (χ2v) is 7.88. The minimum atomic E-state index is -0.783. The van der Waals surface area contributed by atoms with Gasteiger partial charge in [0.2, 0.25) is 0 Å². The molecule has 2 saturated carbocycles. The number of ether oxygens (including phenoxy) is 1. The van der Waals surface area contributed by atoms with Crippen LogP contribution in [0.15, 0.2) is 24.3 Å². The van der Waals surface area contributed by atoms with Crippen LogP contribution < -0.4 is 15.4 Å². The molecule has 0 heterocycles. The summed E-state index contributed by atoms with van der Waals surface area (Å²) in [6, 6.07) is 7.39. The Morgan fingerprint density at radius 3 is 2.44 bits per heavy atom. The summed E-state index contributed by atoms with van der Waals surface area (Å²) < 4.78 is 5.58. The van der Waals surface area contributed by atoms with E-state index in [1.54, 1.807) is 0 Å². The number of carboxylic acid groups (broad SMARTS) is 1. The van der Waals surface area contributed by atoms with Gasteiger partial charge < -0.3 is 20.5 Å². The van der Waals surface area contributed by atoms with Gasteiger partial charge in [-0.25, -0.2) is 4.79 Å². The van der Waals surface area contributed by atoms with Gasteiger partial charge in [0.1, 0.15) is 5.75 Å². The highest BCUT2D eigenvalue weighted by Crippen LogP contribution is 2.33. The minimum absolute atomic E-state index is 0.0882. The van der Waals surface area contributed by atoms with Crippen LogP contribution in [0.4, 0.5) is 10.5 Å². The Labute approximate surface area is 160 Å². The fraction of sp³-hybridized carbons (Fsp3) is 0.600. The van der Waals surface area contributed by atoms with Gasteiger partial charge in [-0.3, -0.25) is 9.69 Å². The molecule has 0 aliphatic heterocycles. The molecule has 3 rings (SSSR count). The highest BCUT2D eigenvalue weighted by atomic mass is 16.5.